The lowest BCUT2D eigenvalue weighted by Crippen LogP contribution is -2.46. The van der Waals surface area contributed by atoms with Crippen molar-refractivity contribution in [3.63, 3.8) is 0 Å². The third-order valence-corrected chi connectivity index (χ3v) is 7.11. The average molecular weight is 388 g/mol. The topological polar surface area (TPSA) is 49.0 Å². The van der Waals surface area contributed by atoms with Crippen LogP contribution in [0.2, 0.25) is 5.02 Å². The minimum Gasteiger partial charge on any atom is -0.342 e. The standard InChI is InChI=1S/C20H22ClN3OS/c1-20(16-4-2-3-5-17(16)21)6-8-24(9-7-20)19(25)14-10-18(26-13-14)15-11-22-23-12-15/h2-5,10-12,14H,6-9,13H2,1H3,(H,22,23). The van der Waals surface area contributed by atoms with Crippen molar-refractivity contribution in [2.75, 3.05) is 18.8 Å². The number of thioether (sulfide) groups is 1. The smallest absolute Gasteiger partial charge is 0.230 e. The Labute approximate surface area is 163 Å². The van der Waals surface area contributed by atoms with E-state index in [1.54, 1.807) is 11.8 Å². The van der Waals surface area contributed by atoms with Crippen LogP contribution in [0.3, 0.4) is 0 Å². The zero-order chi connectivity index (χ0) is 18.1. The Morgan fingerprint density at radius 3 is 2.81 bits per heavy atom. The molecular weight excluding hydrogens is 366 g/mol. The van der Waals surface area contributed by atoms with Gasteiger partial charge in [-0.3, -0.25) is 9.89 Å². The lowest BCUT2D eigenvalue weighted by atomic mass is 9.74. The summed E-state index contributed by atoms with van der Waals surface area (Å²) in [6, 6.07) is 8.09. The van der Waals surface area contributed by atoms with Crippen molar-refractivity contribution in [2.45, 2.75) is 25.2 Å². The van der Waals surface area contributed by atoms with Gasteiger partial charge in [-0.2, -0.15) is 5.10 Å². The summed E-state index contributed by atoms with van der Waals surface area (Å²) in [5, 5.41) is 7.65. The molecule has 4 rings (SSSR count). The molecule has 1 aromatic carbocycles. The molecule has 1 amide bonds. The van der Waals surface area contributed by atoms with Gasteiger partial charge in [0.25, 0.3) is 0 Å². The number of likely N-dealkylation sites (tertiary alicyclic amines) is 1. The van der Waals surface area contributed by atoms with Gasteiger partial charge in [0.2, 0.25) is 5.91 Å². The molecule has 136 valence electrons. The molecule has 0 spiro atoms. The normalized spacial score (nSPS) is 22.3. The molecule has 2 aliphatic rings. The Kier molecular flexibility index (Phi) is 4.84. The number of nitrogens with zero attached hydrogens (tertiary/aromatic N) is 2. The molecule has 0 radical (unpaired) electrons. The van der Waals surface area contributed by atoms with E-state index in [1.165, 1.54) is 5.56 Å². The summed E-state index contributed by atoms with van der Waals surface area (Å²) in [4.78, 5) is 16.1. The van der Waals surface area contributed by atoms with Gasteiger partial charge >= 0.3 is 0 Å². The van der Waals surface area contributed by atoms with Crippen LogP contribution in [0.25, 0.3) is 4.91 Å². The van der Waals surface area contributed by atoms with E-state index >= 15 is 0 Å². The number of hydrogen-bond acceptors (Lipinski definition) is 3. The van der Waals surface area contributed by atoms with Gasteiger partial charge in [0.05, 0.1) is 12.1 Å². The molecule has 0 bridgehead atoms. The Bertz CT molecular complexity index is 825. The van der Waals surface area contributed by atoms with Gasteiger partial charge < -0.3 is 4.90 Å². The molecule has 0 saturated carbocycles. The van der Waals surface area contributed by atoms with Crippen LogP contribution in [0.5, 0.6) is 0 Å². The van der Waals surface area contributed by atoms with E-state index in [4.69, 9.17) is 11.6 Å². The molecule has 1 N–H and O–H groups in total. The maximum absolute atomic E-state index is 12.9. The molecule has 6 heteroatoms. The number of halogens is 1. The summed E-state index contributed by atoms with van der Waals surface area (Å²) in [6.45, 7) is 3.84. The fourth-order valence-electron chi connectivity index (χ4n) is 3.84. The third-order valence-electron chi connectivity index (χ3n) is 5.57. The molecule has 4 nitrogen and oxygen atoms in total. The van der Waals surface area contributed by atoms with Gasteiger partial charge in [-0.15, -0.1) is 11.8 Å². The summed E-state index contributed by atoms with van der Waals surface area (Å²) in [6.07, 6.45) is 7.67. The zero-order valence-electron chi connectivity index (χ0n) is 14.7. The van der Waals surface area contributed by atoms with E-state index in [9.17, 15) is 4.79 Å². The minimum absolute atomic E-state index is 0.0328. The van der Waals surface area contributed by atoms with Crippen molar-refractivity contribution in [1.82, 2.24) is 15.1 Å². The minimum atomic E-state index is -0.0328. The molecule has 1 atom stereocenters. The highest BCUT2D eigenvalue weighted by molar-refractivity contribution is 8.08. The van der Waals surface area contributed by atoms with Crippen molar-refractivity contribution in [1.29, 1.82) is 0 Å². The maximum atomic E-state index is 12.9. The molecule has 1 fully saturated rings. The van der Waals surface area contributed by atoms with Gasteiger partial charge in [0, 0.05) is 40.5 Å². The van der Waals surface area contributed by atoms with Crippen molar-refractivity contribution < 1.29 is 4.79 Å². The highest BCUT2D eigenvalue weighted by Crippen LogP contribution is 2.40. The fraction of sp³-hybridized carbons (Fsp3) is 0.400. The maximum Gasteiger partial charge on any atom is 0.230 e. The first-order chi connectivity index (χ1) is 12.6. The third kappa shape index (κ3) is 3.30. The number of aromatic nitrogens is 2. The molecule has 1 aromatic heterocycles. The summed E-state index contributed by atoms with van der Waals surface area (Å²) in [5.74, 6) is 1.03. The lowest BCUT2D eigenvalue weighted by molar-refractivity contribution is -0.134. The van der Waals surface area contributed by atoms with Crippen LogP contribution in [0.1, 0.15) is 30.9 Å². The summed E-state index contributed by atoms with van der Waals surface area (Å²) >= 11 is 8.15. The summed E-state index contributed by atoms with van der Waals surface area (Å²) in [5.41, 5.74) is 2.31. The monoisotopic (exact) mass is 387 g/mol. The van der Waals surface area contributed by atoms with E-state index in [2.05, 4.69) is 29.3 Å². The zero-order valence-corrected chi connectivity index (χ0v) is 16.3. The quantitative estimate of drug-likeness (QED) is 0.851. The van der Waals surface area contributed by atoms with Crippen molar-refractivity contribution >= 4 is 34.2 Å². The predicted octanol–water partition coefficient (Wildman–Crippen LogP) is 4.35. The largest absolute Gasteiger partial charge is 0.342 e. The number of amides is 1. The van der Waals surface area contributed by atoms with Gasteiger partial charge in [-0.1, -0.05) is 42.8 Å². The van der Waals surface area contributed by atoms with Crippen molar-refractivity contribution in [3.8, 4) is 0 Å². The van der Waals surface area contributed by atoms with E-state index < -0.39 is 0 Å². The predicted molar refractivity (Wildman–Crippen MR) is 107 cm³/mol. The Morgan fingerprint density at radius 2 is 2.12 bits per heavy atom. The van der Waals surface area contributed by atoms with Gasteiger partial charge in [0.15, 0.2) is 0 Å². The number of carbonyl (C=O) groups excluding carboxylic acids is 1. The van der Waals surface area contributed by atoms with E-state index in [-0.39, 0.29) is 17.2 Å². The summed E-state index contributed by atoms with van der Waals surface area (Å²) in [7, 11) is 0. The summed E-state index contributed by atoms with van der Waals surface area (Å²) < 4.78 is 0. The second-order valence-corrected chi connectivity index (χ2v) is 8.77. The van der Waals surface area contributed by atoms with E-state index in [1.807, 2.05) is 35.5 Å². The first kappa shape index (κ1) is 17.7. The number of nitrogens with one attached hydrogen (secondary N) is 1. The Balaban J connectivity index is 1.42. The van der Waals surface area contributed by atoms with Gasteiger partial charge in [0.1, 0.15) is 0 Å². The average Bonchev–Trinajstić information content (AvgIpc) is 3.33. The SMILES string of the molecule is CC1(c2ccccc2Cl)CCN(C(=O)C2C=C(c3cn[nH]c3)SC2)CC1. The van der Waals surface area contributed by atoms with Gasteiger partial charge in [-0.25, -0.2) is 0 Å². The van der Waals surface area contributed by atoms with Crippen LogP contribution in [0, 0.1) is 5.92 Å². The van der Waals surface area contributed by atoms with Gasteiger partial charge in [-0.05, 0) is 29.9 Å². The molecule has 2 aliphatic heterocycles. The van der Waals surface area contributed by atoms with Crippen LogP contribution < -0.4 is 0 Å². The number of piperidine rings is 1. The second kappa shape index (κ2) is 7.12. The molecular formula is C20H22ClN3OS. The molecule has 0 aliphatic carbocycles. The number of carbonyl (C=O) groups is 1. The first-order valence-corrected chi connectivity index (χ1v) is 10.3. The highest BCUT2D eigenvalue weighted by Gasteiger charge is 2.36. The first-order valence-electron chi connectivity index (χ1n) is 8.94. The van der Waals surface area contributed by atoms with Crippen LogP contribution in [0.4, 0.5) is 0 Å². The van der Waals surface area contributed by atoms with Crippen LogP contribution >= 0.6 is 23.4 Å². The number of benzene rings is 1. The second-order valence-electron chi connectivity index (χ2n) is 7.30. The number of H-pyrrole nitrogens is 1. The number of rotatable bonds is 3. The van der Waals surface area contributed by atoms with Crippen LogP contribution in [-0.2, 0) is 10.2 Å². The number of hydrogen-bond donors (Lipinski definition) is 1. The molecule has 26 heavy (non-hydrogen) atoms. The highest BCUT2D eigenvalue weighted by atomic mass is 35.5. The number of aromatic amines is 1. The lowest BCUT2D eigenvalue weighted by Gasteiger charge is -2.40. The van der Waals surface area contributed by atoms with E-state index in [0.717, 1.165) is 47.2 Å². The molecule has 2 aromatic rings. The fourth-order valence-corrected chi connectivity index (χ4v) is 5.34. The Hall–Kier alpha value is -1.72. The molecule has 3 heterocycles. The van der Waals surface area contributed by atoms with Crippen molar-refractivity contribution in [3.05, 3.63) is 58.9 Å². The van der Waals surface area contributed by atoms with Crippen LogP contribution in [-0.4, -0.2) is 39.8 Å². The van der Waals surface area contributed by atoms with Crippen molar-refractivity contribution in [2.24, 2.45) is 5.92 Å². The Morgan fingerprint density at radius 1 is 1.35 bits per heavy atom. The molecule has 1 saturated heterocycles. The van der Waals surface area contributed by atoms with Crippen LogP contribution in [0.15, 0.2) is 42.7 Å². The molecule has 1 unspecified atom stereocenters. The van der Waals surface area contributed by atoms with E-state index in [0.29, 0.717) is 0 Å².